The van der Waals surface area contributed by atoms with Crippen molar-refractivity contribution in [2.45, 2.75) is 45.7 Å². The van der Waals surface area contributed by atoms with E-state index in [2.05, 4.69) is 24.1 Å². The Bertz CT molecular complexity index is 1100. The molecule has 1 N–H and O–H groups in total. The SMILES string of the molecule is CC(C)c1cc(=O)n(CC2CC2)c2cc(OCC(=O)NCc3ccncc3)ccc12. The molecule has 1 aliphatic rings. The summed E-state index contributed by atoms with van der Waals surface area (Å²) >= 11 is 0. The van der Waals surface area contributed by atoms with Gasteiger partial charge in [0.25, 0.3) is 11.5 Å². The third-order valence-electron chi connectivity index (χ3n) is 5.48. The second-order valence-electron chi connectivity index (χ2n) is 8.25. The zero-order chi connectivity index (χ0) is 21.1. The molecule has 1 fully saturated rings. The van der Waals surface area contributed by atoms with Crippen molar-refractivity contribution in [1.82, 2.24) is 14.9 Å². The number of benzene rings is 1. The van der Waals surface area contributed by atoms with E-state index in [1.54, 1.807) is 18.5 Å². The van der Waals surface area contributed by atoms with Gasteiger partial charge in [-0.15, -0.1) is 0 Å². The van der Waals surface area contributed by atoms with Crippen molar-refractivity contribution < 1.29 is 9.53 Å². The summed E-state index contributed by atoms with van der Waals surface area (Å²) < 4.78 is 7.60. The number of hydrogen-bond acceptors (Lipinski definition) is 4. The van der Waals surface area contributed by atoms with Gasteiger partial charge in [-0.25, -0.2) is 0 Å². The van der Waals surface area contributed by atoms with Gasteiger partial charge in [-0.05, 0) is 60.1 Å². The highest BCUT2D eigenvalue weighted by atomic mass is 16.5. The lowest BCUT2D eigenvalue weighted by Crippen LogP contribution is -2.28. The number of amides is 1. The third kappa shape index (κ3) is 4.70. The smallest absolute Gasteiger partial charge is 0.258 e. The van der Waals surface area contributed by atoms with Gasteiger partial charge in [0.15, 0.2) is 6.61 Å². The lowest BCUT2D eigenvalue weighted by atomic mass is 9.98. The van der Waals surface area contributed by atoms with Gasteiger partial charge in [-0.3, -0.25) is 14.6 Å². The zero-order valence-electron chi connectivity index (χ0n) is 17.4. The molecule has 6 nitrogen and oxygen atoms in total. The first-order valence-electron chi connectivity index (χ1n) is 10.5. The molecule has 1 saturated carbocycles. The molecule has 156 valence electrons. The molecule has 2 aromatic heterocycles. The number of fused-ring (bicyclic) bond motifs is 1. The summed E-state index contributed by atoms with van der Waals surface area (Å²) in [6.45, 7) is 5.28. The minimum absolute atomic E-state index is 0.0327. The van der Waals surface area contributed by atoms with E-state index in [4.69, 9.17) is 4.74 Å². The van der Waals surface area contributed by atoms with Gasteiger partial charge >= 0.3 is 0 Å². The second-order valence-corrected chi connectivity index (χ2v) is 8.25. The Labute approximate surface area is 175 Å². The monoisotopic (exact) mass is 405 g/mol. The summed E-state index contributed by atoms with van der Waals surface area (Å²) in [6, 6.07) is 11.2. The van der Waals surface area contributed by atoms with Gasteiger partial charge < -0.3 is 14.6 Å². The second kappa shape index (κ2) is 8.69. The van der Waals surface area contributed by atoms with E-state index >= 15 is 0 Å². The molecule has 1 aromatic carbocycles. The summed E-state index contributed by atoms with van der Waals surface area (Å²) in [6.07, 6.45) is 5.74. The maximum atomic E-state index is 12.8. The van der Waals surface area contributed by atoms with Gasteiger partial charge in [-0.1, -0.05) is 13.8 Å². The molecule has 4 rings (SSSR count). The maximum Gasteiger partial charge on any atom is 0.258 e. The van der Waals surface area contributed by atoms with Crippen molar-refractivity contribution in [2.24, 2.45) is 5.92 Å². The quantitative estimate of drug-likeness (QED) is 0.621. The van der Waals surface area contributed by atoms with Crippen LogP contribution in [0.15, 0.2) is 53.6 Å². The summed E-state index contributed by atoms with van der Waals surface area (Å²) in [5, 5.41) is 3.91. The lowest BCUT2D eigenvalue weighted by molar-refractivity contribution is -0.123. The highest BCUT2D eigenvalue weighted by Crippen LogP contribution is 2.33. The summed E-state index contributed by atoms with van der Waals surface area (Å²) in [5.41, 5.74) is 2.94. The molecular formula is C24H27N3O3. The minimum Gasteiger partial charge on any atom is -0.484 e. The number of carbonyl (C=O) groups excluding carboxylic acids is 1. The minimum atomic E-state index is -0.196. The Hall–Kier alpha value is -3.15. The van der Waals surface area contributed by atoms with Gasteiger partial charge in [0, 0.05) is 43.0 Å². The van der Waals surface area contributed by atoms with E-state index in [-0.39, 0.29) is 24.0 Å². The molecule has 0 bridgehead atoms. The standard InChI is InChI=1S/C24H27N3O3/c1-16(2)21-12-24(29)27(14-18-3-4-18)22-11-19(5-6-20(21)22)30-15-23(28)26-13-17-7-9-25-10-8-17/h5-12,16,18H,3-4,13-15H2,1-2H3,(H,26,28). The fraction of sp³-hybridized carbons (Fsp3) is 0.375. The first-order valence-corrected chi connectivity index (χ1v) is 10.5. The fourth-order valence-corrected chi connectivity index (χ4v) is 3.60. The zero-order valence-corrected chi connectivity index (χ0v) is 17.4. The van der Waals surface area contributed by atoms with Crippen LogP contribution in [0.2, 0.25) is 0 Å². The van der Waals surface area contributed by atoms with Gasteiger partial charge in [0.05, 0.1) is 5.52 Å². The lowest BCUT2D eigenvalue weighted by Gasteiger charge is -2.16. The number of pyridine rings is 2. The van der Waals surface area contributed by atoms with E-state index in [0.29, 0.717) is 18.2 Å². The Morgan fingerprint density at radius 2 is 1.97 bits per heavy atom. The molecule has 2 heterocycles. The first-order chi connectivity index (χ1) is 14.5. The van der Waals surface area contributed by atoms with Gasteiger partial charge in [0.2, 0.25) is 0 Å². The molecule has 0 saturated heterocycles. The van der Waals surface area contributed by atoms with Gasteiger partial charge in [-0.2, -0.15) is 0 Å². The topological polar surface area (TPSA) is 73.2 Å². The van der Waals surface area contributed by atoms with E-state index in [0.717, 1.165) is 28.6 Å². The van der Waals surface area contributed by atoms with Crippen LogP contribution in [0.4, 0.5) is 0 Å². The average Bonchev–Trinajstić information content (AvgIpc) is 3.57. The van der Waals surface area contributed by atoms with Crippen molar-refractivity contribution >= 4 is 16.8 Å². The van der Waals surface area contributed by atoms with Crippen LogP contribution in [-0.4, -0.2) is 22.1 Å². The van der Waals surface area contributed by atoms with E-state index in [1.165, 1.54) is 12.8 Å². The highest BCUT2D eigenvalue weighted by molar-refractivity contribution is 5.84. The number of carbonyl (C=O) groups is 1. The molecule has 0 aliphatic heterocycles. The summed E-state index contributed by atoms with van der Waals surface area (Å²) in [5.74, 6) is 1.23. The Morgan fingerprint density at radius 3 is 2.67 bits per heavy atom. The molecule has 0 atom stereocenters. The number of nitrogens with zero attached hydrogens (tertiary/aromatic N) is 2. The van der Waals surface area contributed by atoms with Crippen LogP contribution in [0.1, 0.15) is 43.7 Å². The Kier molecular flexibility index (Phi) is 5.84. The highest BCUT2D eigenvalue weighted by Gasteiger charge is 2.23. The number of aromatic nitrogens is 2. The predicted octanol–water partition coefficient (Wildman–Crippen LogP) is 3.63. The largest absolute Gasteiger partial charge is 0.484 e. The number of ether oxygens (including phenoxy) is 1. The number of nitrogens with one attached hydrogen (secondary N) is 1. The fourth-order valence-electron chi connectivity index (χ4n) is 3.60. The van der Waals surface area contributed by atoms with Crippen molar-refractivity contribution in [3.05, 3.63) is 70.3 Å². The number of hydrogen-bond donors (Lipinski definition) is 1. The van der Waals surface area contributed by atoms with Crippen LogP contribution in [0.5, 0.6) is 5.75 Å². The normalized spacial score (nSPS) is 13.6. The Morgan fingerprint density at radius 1 is 1.20 bits per heavy atom. The van der Waals surface area contributed by atoms with E-state index in [1.807, 2.05) is 34.9 Å². The predicted molar refractivity (Wildman–Crippen MR) is 117 cm³/mol. The molecule has 0 radical (unpaired) electrons. The van der Waals surface area contributed by atoms with E-state index < -0.39 is 0 Å². The van der Waals surface area contributed by atoms with Crippen LogP contribution >= 0.6 is 0 Å². The molecule has 6 heteroatoms. The van der Waals surface area contributed by atoms with Crippen LogP contribution in [0.3, 0.4) is 0 Å². The molecular weight excluding hydrogens is 378 g/mol. The number of rotatable bonds is 8. The molecule has 1 amide bonds. The van der Waals surface area contributed by atoms with Crippen LogP contribution in [0, 0.1) is 5.92 Å². The van der Waals surface area contributed by atoms with Crippen molar-refractivity contribution in [1.29, 1.82) is 0 Å². The molecule has 0 spiro atoms. The Balaban J connectivity index is 1.51. The third-order valence-corrected chi connectivity index (χ3v) is 5.48. The van der Waals surface area contributed by atoms with Crippen molar-refractivity contribution in [3.63, 3.8) is 0 Å². The van der Waals surface area contributed by atoms with E-state index in [9.17, 15) is 9.59 Å². The van der Waals surface area contributed by atoms with Crippen LogP contribution < -0.4 is 15.6 Å². The summed E-state index contributed by atoms with van der Waals surface area (Å²) in [7, 11) is 0. The van der Waals surface area contributed by atoms with Crippen LogP contribution in [-0.2, 0) is 17.9 Å². The maximum absolute atomic E-state index is 12.8. The average molecular weight is 405 g/mol. The van der Waals surface area contributed by atoms with Crippen LogP contribution in [0.25, 0.3) is 10.9 Å². The van der Waals surface area contributed by atoms with Crippen molar-refractivity contribution in [3.8, 4) is 5.75 Å². The van der Waals surface area contributed by atoms with Gasteiger partial charge in [0.1, 0.15) is 5.75 Å². The molecule has 1 aliphatic carbocycles. The summed E-state index contributed by atoms with van der Waals surface area (Å²) in [4.78, 5) is 28.9. The molecule has 0 unspecified atom stereocenters. The molecule has 3 aromatic rings. The van der Waals surface area contributed by atoms with Crippen molar-refractivity contribution in [2.75, 3.05) is 6.61 Å². The first kappa shape index (κ1) is 20.1. The molecule has 30 heavy (non-hydrogen) atoms.